The van der Waals surface area contributed by atoms with Gasteiger partial charge >= 0.3 is 0 Å². The van der Waals surface area contributed by atoms with Gasteiger partial charge in [0, 0.05) is 24.2 Å². The third kappa shape index (κ3) is 5.05. The van der Waals surface area contributed by atoms with E-state index in [0.29, 0.717) is 5.02 Å². The summed E-state index contributed by atoms with van der Waals surface area (Å²) in [7, 11) is -2.09. The van der Waals surface area contributed by atoms with Crippen LogP contribution in [0.2, 0.25) is 5.02 Å². The van der Waals surface area contributed by atoms with Crippen LogP contribution in [0.4, 0.5) is 0 Å². The van der Waals surface area contributed by atoms with E-state index in [4.69, 9.17) is 16.3 Å². The van der Waals surface area contributed by atoms with Crippen LogP contribution in [0.3, 0.4) is 0 Å². The zero-order valence-electron chi connectivity index (χ0n) is 14.9. The summed E-state index contributed by atoms with van der Waals surface area (Å²) >= 11 is 6.17. The van der Waals surface area contributed by atoms with Gasteiger partial charge in [0.15, 0.2) is 0 Å². The molecule has 0 bridgehead atoms. The van der Waals surface area contributed by atoms with E-state index in [9.17, 15) is 8.42 Å². The van der Waals surface area contributed by atoms with Gasteiger partial charge in [-0.05, 0) is 29.2 Å². The van der Waals surface area contributed by atoms with Crippen molar-refractivity contribution in [3.05, 3.63) is 64.7 Å². The molecule has 4 nitrogen and oxygen atoms in total. The molecular weight excluding hydrogens is 358 g/mol. The molecule has 0 spiro atoms. The molecule has 2 aromatic carbocycles. The molecule has 25 heavy (non-hydrogen) atoms. The summed E-state index contributed by atoms with van der Waals surface area (Å²) in [6.07, 6.45) is -0.461. The molecule has 0 aliphatic carbocycles. The van der Waals surface area contributed by atoms with Gasteiger partial charge in [0.1, 0.15) is 0 Å². The number of methoxy groups -OCH3 is 1. The van der Waals surface area contributed by atoms with E-state index >= 15 is 0 Å². The maximum atomic E-state index is 12.5. The predicted molar refractivity (Wildman–Crippen MR) is 102 cm³/mol. The Bertz CT molecular complexity index is 811. The molecule has 0 saturated heterocycles. The number of halogens is 1. The van der Waals surface area contributed by atoms with Gasteiger partial charge in [-0.2, -0.15) is 0 Å². The normalized spacial score (nSPS) is 13.6. The lowest BCUT2D eigenvalue weighted by Gasteiger charge is -2.20. The predicted octanol–water partition coefficient (Wildman–Crippen LogP) is 4.30. The molecule has 1 unspecified atom stereocenters. The monoisotopic (exact) mass is 381 g/mol. The molecule has 0 aromatic heterocycles. The van der Waals surface area contributed by atoms with Crippen LogP contribution >= 0.6 is 11.6 Å². The second kappa shape index (κ2) is 7.87. The SMILES string of the molecule is COC(CNS(=O)(=O)c1ccc(C(C)(C)C)cc1)c1ccccc1Cl. The number of sulfonamides is 1. The first-order chi connectivity index (χ1) is 11.6. The van der Waals surface area contributed by atoms with Gasteiger partial charge in [-0.3, -0.25) is 0 Å². The van der Waals surface area contributed by atoms with Crippen molar-refractivity contribution in [3.63, 3.8) is 0 Å². The van der Waals surface area contributed by atoms with E-state index < -0.39 is 16.1 Å². The number of benzene rings is 2. The number of ether oxygens (including phenoxy) is 1. The first kappa shape index (κ1) is 19.9. The average molecular weight is 382 g/mol. The summed E-state index contributed by atoms with van der Waals surface area (Å²) < 4.78 is 33.1. The topological polar surface area (TPSA) is 55.4 Å². The highest BCUT2D eigenvalue weighted by Gasteiger charge is 2.20. The Kier molecular flexibility index (Phi) is 6.27. The standard InChI is InChI=1S/C19H24ClNO3S/c1-19(2,3)14-9-11-15(12-10-14)25(22,23)21-13-18(24-4)16-7-5-6-8-17(16)20/h5-12,18,21H,13H2,1-4H3. The van der Waals surface area contributed by atoms with Crippen molar-refractivity contribution in [2.24, 2.45) is 0 Å². The van der Waals surface area contributed by atoms with Crippen LogP contribution in [0.1, 0.15) is 38.0 Å². The maximum absolute atomic E-state index is 12.5. The minimum Gasteiger partial charge on any atom is -0.375 e. The van der Waals surface area contributed by atoms with Crippen LogP contribution in [-0.4, -0.2) is 22.1 Å². The van der Waals surface area contributed by atoms with Gasteiger partial charge in [0.05, 0.1) is 11.0 Å². The molecule has 1 atom stereocenters. The van der Waals surface area contributed by atoms with E-state index in [1.165, 1.54) is 7.11 Å². The van der Waals surface area contributed by atoms with Crippen molar-refractivity contribution >= 4 is 21.6 Å². The summed E-state index contributed by atoms with van der Waals surface area (Å²) in [5, 5.41) is 0.545. The van der Waals surface area contributed by atoms with E-state index in [1.54, 1.807) is 18.2 Å². The molecule has 0 aliphatic heterocycles. The summed E-state index contributed by atoms with van der Waals surface area (Å²) in [6, 6.07) is 14.2. The molecule has 0 aliphatic rings. The Morgan fingerprint density at radius 3 is 2.20 bits per heavy atom. The third-order valence-corrected chi connectivity index (χ3v) is 5.81. The quantitative estimate of drug-likeness (QED) is 0.811. The highest BCUT2D eigenvalue weighted by molar-refractivity contribution is 7.89. The van der Waals surface area contributed by atoms with Crippen molar-refractivity contribution in [1.82, 2.24) is 4.72 Å². The van der Waals surface area contributed by atoms with Gasteiger partial charge < -0.3 is 4.74 Å². The van der Waals surface area contributed by atoms with Crippen LogP contribution in [0.5, 0.6) is 0 Å². The molecule has 2 rings (SSSR count). The Morgan fingerprint density at radius 2 is 1.68 bits per heavy atom. The van der Waals surface area contributed by atoms with Crippen molar-refractivity contribution in [2.45, 2.75) is 37.2 Å². The summed E-state index contributed by atoms with van der Waals surface area (Å²) in [6.45, 7) is 6.36. The molecule has 0 saturated carbocycles. The number of hydrogen-bond acceptors (Lipinski definition) is 3. The van der Waals surface area contributed by atoms with Crippen LogP contribution < -0.4 is 4.72 Å². The third-order valence-electron chi connectivity index (χ3n) is 4.03. The molecular formula is C19H24ClNO3S. The van der Waals surface area contributed by atoms with Crippen LogP contribution in [-0.2, 0) is 20.2 Å². The molecule has 0 radical (unpaired) electrons. The van der Waals surface area contributed by atoms with Gasteiger partial charge in [-0.1, -0.05) is 62.7 Å². The van der Waals surface area contributed by atoms with Crippen LogP contribution in [0.25, 0.3) is 0 Å². The Hall–Kier alpha value is -1.40. The first-order valence-electron chi connectivity index (χ1n) is 8.02. The highest BCUT2D eigenvalue weighted by Crippen LogP contribution is 2.26. The van der Waals surface area contributed by atoms with Crippen molar-refractivity contribution in [1.29, 1.82) is 0 Å². The Balaban J connectivity index is 2.14. The second-order valence-electron chi connectivity index (χ2n) is 6.87. The largest absolute Gasteiger partial charge is 0.375 e. The fraction of sp³-hybridized carbons (Fsp3) is 0.368. The molecule has 6 heteroatoms. The Labute approximate surface area is 155 Å². The smallest absolute Gasteiger partial charge is 0.240 e. The molecule has 0 amide bonds. The van der Waals surface area contributed by atoms with Gasteiger partial charge in [0.25, 0.3) is 0 Å². The zero-order valence-corrected chi connectivity index (χ0v) is 16.5. The highest BCUT2D eigenvalue weighted by atomic mass is 35.5. The van der Waals surface area contributed by atoms with Crippen LogP contribution in [0, 0.1) is 0 Å². The van der Waals surface area contributed by atoms with E-state index in [1.807, 2.05) is 30.3 Å². The van der Waals surface area contributed by atoms with Gasteiger partial charge in [0.2, 0.25) is 10.0 Å². The number of rotatable bonds is 6. The molecule has 0 heterocycles. The summed E-state index contributed by atoms with van der Waals surface area (Å²) in [5.74, 6) is 0. The lowest BCUT2D eigenvalue weighted by Crippen LogP contribution is -2.29. The van der Waals surface area contributed by atoms with Crippen molar-refractivity contribution < 1.29 is 13.2 Å². The fourth-order valence-electron chi connectivity index (χ4n) is 2.46. The molecule has 2 aromatic rings. The van der Waals surface area contributed by atoms with Crippen molar-refractivity contribution in [3.8, 4) is 0 Å². The Morgan fingerprint density at radius 1 is 1.08 bits per heavy atom. The van der Waals surface area contributed by atoms with Crippen LogP contribution in [0.15, 0.2) is 53.4 Å². The molecule has 0 fully saturated rings. The van der Waals surface area contributed by atoms with Gasteiger partial charge in [-0.15, -0.1) is 0 Å². The van der Waals surface area contributed by atoms with E-state index in [-0.39, 0.29) is 16.9 Å². The summed E-state index contributed by atoms with van der Waals surface area (Å²) in [4.78, 5) is 0.231. The molecule has 136 valence electrons. The number of nitrogens with one attached hydrogen (secondary N) is 1. The lowest BCUT2D eigenvalue weighted by molar-refractivity contribution is 0.107. The maximum Gasteiger partial charge on any atom is 0.240 e. The van der Waals surface area contributed by atoms with E-state index in [2.05, 4.69) is 25.5 Å². The van der Waals surface area contributed by atoms with Gasteiger partial charge in [-0.25, -0.2) is 13.1 Å². The lowest BCUT2D eigenvalue weighted by atomic mass is 9.87. The number of hydrogen-bond donors (Lipinski definition) is 1. The fourth-order valence-corrected chi connectivity index (χ4v) is 3.75. The molecule has 1 N–H and O–H groups in total. The second-order valence-corrected chi connectivity index (χ2v) is 9.05. The average Bonchev–Trinajstić information content (AvgIpc) is 2.56. The zero-order chi connectivity index (χ0) is 18.7. The minimum atomic E-state index is -3.62. The van der Waals surface area contributed by atoms with E-state index in [0.717, 1.165) is 11.1 Å². The van der Waals surface area contributed by atoms with Crippen molar-refractivity contribution in [2.75, 3.05) is 13.7 Å². The first-order valence-corrected chi connectivity index (χ1v) is 9.88. The minimum absolute atomic E-state index is 0.0269. The summed E-state index contributed by atoms with van der Waals surface area (Å²) in [5.41, 5.74) is 1.80.